The molecule has 6 nitrogen and oxygen atoms in total. The molecule has 0 aromatic carbocycles. The van der Waals surface area contributed by atoms with Crippen molar-refractivity contribution in [1.29, 1.82) is 0 Å². The highest BCUT2D eigenvalue weighted by Gasteiger charge is 2.16. The van der Waals surface area contributed by atoms with Crippen molar-refractivity contribution in [1.82, 2.24) is 14.3 Å². The summed E-state index contributed by atoms with van der Waals surface area (Å²) in [6.45, 7) is 18.9. The Labute approximate surface area is 277 Å². The first-order chi connectivity index (χ1) is 21.0. The van der Waals surface area contributed by atoms with Gasteiger partial charge in [-0.2, -0.15) is 0 Å². The van der Waals surface area contributed by atoms with Gasteiger partial charge in [-0.15, -0.1) is 11.3 Å². The molecule has 9 heteroatoms. The fraction of sp³-hybridized carbons (Fsp3) is 0.400. The van der Waals surface area contributed by atoms with E-state index in [1.807, 2.05) is 38.3 Å². The number of thiazole rings is 1. The van der Waals surface area contributed by atoms with Crippen LogP contribution in [0.5, 0.6) is 0 Å². The molecular formula is C35H47ClN4O2S2. The molecule has 0 bridgehead atoms. The summed E-state index contributed by atoms with van der Waals surface area (Å²) >= 11 is 9.10. The van der Waals surface area contributed by atoms with Gasteiger partial charge in [0.2, 0.25) is 5.91 Å². The standard InChI is InChI=1S/C35H47ClN4O2S2/c1-9-12-13-16-25(6)19-28(15-10-2)27(8)17-14-18-30(26(7)11-3)31-23-43-35(38-31)39-33(41)21-37-34(42)29-20-32(36)40(22-29)44-24(4)5/h9,12,14-15,17-20,22-24,26H,8,10-11,13,16,21H2,1-7H3,(H,37,42)(H,38,39,41)/b12-9-,17-14-,25-19-,28-15-,30-18+. The van der Waals surface area contributed by atoms with Crippen LogP contribution in [0.2, 0.25) is 5.15 Å². The van der Waals surface area contributed by atoms with Crippen molar-refractivity contribution >= 4 is 57.4 Å². The summed E-state index contributed by atoms with van der Waals surface area (Å²) in [5.41, 5.74) is 5.74. The van der Waals surface area contributed by atoms with Gasteiger partial charge in [-0.3, -0.25) is 13.6 Å². The van der Waals surface area contributed by atoms with Crippen LogP contribution in [0, 0.1) is 5.92 Å². The zero-order chi connectivity index (χ0) is 32.6. The molecule has 44 heavy (non-hydrogen) atoms. The summed E-state index contributed by atoms with van der Waals surface area (Å²) in [5, 5.41) is 8.65. The molecule has 0 spiro atoms. The van der Waals surface area contributed by atoms with E-state index in [0.29, 0.717) is 21.1 Å². The molecule has 1 atom stereocenters. The average molecular weight is 655 g/mol. The van der Waals surface area contributed by atoms with E-state index in [-0.39, 0.29) is 24.3 Å². The van der Waals surface area contributed by atoms with Crippen LogP contribution in [0.3, 0.4) is 0 Å². The van der Waals surface area contributed by atoms with Crippen LogP contribution in [0.1, 0.15) is 90.2 Å². The number of rotatable bonds is 17. The van der Waals surface area contributed by atoms with Crippen molar-refractivity contribution in [2.45, 2.75) is 79.4 Å². The lowest BCUT2D eigenvalue weighted by atomic mass is 9.95. The minimum Gasteiger partial charge on any atom is -0.343 e. The maximum Gasteiger partial charge on any atom is 0.253 e. The molecule has 0 aliphatic heterocycles. The summed E-state index contributed by atoms with van der Waals surface area (Å²) < 4.78 is 1.75. The first kappa shape index (κ1) is 37.1. The molecule has 2 amide bonds. The van der Waals surface area contributed by atoms with Gasteiger partial charge in [-0.25, -0.2) is 4.98 Å². The third kappa shape index (κ3) is 12.5. The molecule has 2 aromatic heterocycles. The average Bonchev–Trinajstić information content (AvgIpc) is 3.59. The number of allylic oxidation sites excluding steroid dienone is 11. The lowest BCUT2D eigenvalue weighted by molar-refractivity contribution is -0.115. The molecule has 238 valence electrons. The SMILES string of the molecule is C=C(/C=C\C=C(\c1csc(NC(=O)CNC(=O)c2cc(Cl)n(SC(C)C)c2)n1)C(C)CC)C(/C=C(/C)CC/C=C\C)=C\CC. The van der Waals surface area contributed by atoms with Crippen molar-refractivity contribution in [3.05, 3.63) is 99.9 Å². The van der Waals surface area contributed by atoms with Gasteiger partial charge in [0.25, 0.3) is 5.91 Å². The van der Waals surface area contributed by atoms with Gasteiger partial charge < -0.3 is 10.6 Å². The van der Waals surface area contributed by atoms with Crippen molar-refractivity contribution < 1.29 is 9.59 Å². The van der Waals surface area contributed by atoms with Gasteiger partial charge in [0.15, 0.2) is 5.13 Å². The van der Waals surface area contributed by atoms with Gasteiger partial charge in [-0.1, -0.05) is 101 Å². The summed E-state index contributed by atoms with van der Waals surface area (Å²) in [4.78, 5) is 29.9. The largest absolute Gasteiger partial charge is 0.343 e. The highest BCUT2D eigenvalue weighted by atomic mass is 35.5. The van der Waals surface area contributed by atoms with Crippen LogP contribution in [0.4, 0.5) is 5.13 Å². The Bertz CT molecular complexity index is 1430. The number of carbonyl (C=O) groups excluding carboxylic acids is 2. The van der Waals surface area contributed by atoms with E-state index >= 15 is 0 Å². The fourth-order valence-corrected chi connectivity index (χ4v) is 5.95. The number of amides is 2. The number of hydrogen-bond acceptors (Lipinski definition) is 5. The summed E-state index contributed by atoms with van der Waals surface area (Å²) in [5.74, 6) is -0.447. The molecule has 2 rings (SSSR count). The molecule has 2 N–H and O–H groups in total. The lowest BCUT2D eigenvalue weighted by Gasteiger charge is -2.11. The third-order valence-electron chi connectivity index (χ3n) is 6.64. The minimum atomic E-state index is -0.364. The van der Waals surface area contributed by atoms with Gasteiger partial charge in [0.05, 0.1) is 17.8 Å². The van der Waals surface area contributed by atoms with Crippen molar-refractivity contribution in [2.75, 3.05) is 11.9 Å². The molecule has 2 heterocycles. The number of anilines is 1. The molecular weight excluding hydrogens is 608 g/mol. The van der Waals surface area contributed by atoms with E-state index in [9.17, 15) is 9.59 Å². The predicted molar refractivity (Wildman–Crippen MR) is 193 cm³/mol. The van der Waals surface area contributed by atoms with Gasteiger partial charge in [0, 0.05) is 16.8 Å². The van der Waals surface area contributed by atoms with E-state index in [1.165, 1.54) is 28.9 Å². The predicted octanol–water partition coefficient (Wildman–Crippen LogP) is 10.1. The van der Waals surface area contributed by atoms with Crippen molar-refractivity contribution in [3.63, 3.8) is 0 Å². The van der Waals surface area contributed by atoms with Crippen LogP contribution in [0.15, 0.2) is 83.5 Å². The molecule has 2 aromatic rings. The maximum atomic E-state index is 12.6. The Morgan fingerprint density at radius 1 is 1.25 bits per heavy atom. The highest BCUT2D eigenvalue weighted by Crippen LogP contribution is 2.29. The minimum absolute atomic E-state index is 0.177. The second-order valence-electron chi connectivity index (χ2n) is 10.8. The molecule has 1 unspecified atom stereocenters. The second kappa shape index (κ2) is 19.3. The Morgan fingerprint density at radius 3 is 2.66 bits per heavy atom. The Kier molecular flexibility index (Phi) is 16.3. The fourth-order valence-electron chi connectivity index (χ4n) is 4.14. The zero-order valence-corrected chi connectivity index (χ0v) is 29.5. The molecule has 0 saturated heterocycles. The van der Waals surface area contributed by atoms with Gasteiger partial charge >= 0.3 is 0 Å². The zero-order valence-electron chi connectivity index (χ0n) is 27.1. The van der Waals surface area contributed by atoms with E-state index in [4.69, 9.17) is 11.6 Å². The number of nitrogens with zero attached hydrogens (tertiary/aromatic N) is 2. The van der Waals surface area contributed by atoms with E-state index in [2.05, 4.69) is 80.3 Å². The summed E-state index contributed by atoms with van der Waals surface area (Å²) in [7, 11) is 0. The first-order valence-corrected chi connectivity index (χ1v) is 17.2. The van der Waals surface area contributed by atoms with E-state index in [1.54, 1.807) is 16.2 Å². The topological polar surface area (TPSA) is 76.0 Å². The molecule has 0 radical (unpaired) electrons. The lowest BCUT2D eigenvalue weighted by Crippen LogP contribution is -2.32. The Hall–Kier alpha value is -3.07. The monoisotopic (exact) mass is 654 g/mol. The molecule has 0 saturated carbocycles. The summed E-state index contributed by atoms with van der Waals surface area (Å²) in [6, 6.07) is 1.59. The van der Waals surface area contributed by atoms with Crippen LogP contribution >= 0.6 is 34.9 Å². The number of nitrogens with one attached hydrogen (secondary N) is 2. The first-order valence-electron chi connectivity index (χ1n) is 15.1. The van der Waals surface area contributed by atoms with Crippen LogP contribution in [0.25, 0.3) is 5.57 Å². The number of hydrogen-bond donors (Lipinski definition) is 2. The summed E-state index contributed by atoms with van der Waals surface area (Å²) in [6.07, 6.45) is 20.5. The Morgan fingerprint density at radius 2 is 2.00 bits per heavy atom. The van der Waals surface area contributed by atoms with Crippen LogP contribution < -0.4 is 10.6 Å². The Balaban J connectivity index is 2.07. The quantitative estimate of drug-likeness (QED) is 0.131. The van der Waals surface area contributed by atoms with Crippen LogP contribution in [-0.4, -0.2) is 32.6 Å². The maximum absolute atomic E-state index is 12.6. The number of carbonyl (C=O) groups is 2. The normalized spacial score (nSPS) is 13.7. The smallest absolute Gasteiger partial charge is 0.253 e. The third-order valence-corrected chi connectivity index (χ3v) is 8.74. The second-order valence-corrected chi connectivity index (χ2v) is 13.6. The van der Waals surface area contributed by atoms with E-state index < -0.39 is 0 Å². The molecule has 0 fully saturated rings. The van der Waals surface area contributed by atoms with Crippen molar-refractivity contribution in [3.8, 4) is 0 Å². The number of halogens is 1. The molecule has 0 aliphatic rings. The van der Waals surface area contributed by atoms with Gasteiger partial charge in [0.1, 0.15) is 5.15 Å². The molecule has 0 aliphatic carbocycles. The van der Waals surface area contributed by atoms with E-state index in [0.717, 1.165) is 48.1 Å². The van der Waals surface area contributed by atoms with Crippen molar-refractivity contribution in [2.24, 2.45) is 5.92 Å². The van der Waals surface area contributed by atoms with Gasteiger partial charge in [-0.05, 0) is 80.2 Å². The van der Waals surface area contributed by atoms with Crippen LogP contribution in [-0.2, 0) is 4.79 Å². The number of aromatic nitrogens is 2. The highest BCUT2D eigenvalue weighted by molar-refractivity contribution is 7.98.